The Morgan fingerprint density at radius 1 is 1.21 bits per heavy atom. The van der Waals surface area contributed by atoms with E-state index in [1.807, 2.05) is 0 Å². The van der Waals surface area contributed by atoms with Crippen LogP contribution in [0.15, 0.2) is 0 Å². The molecule has 0 bridgehead atoms. The van der Waals surface area contributed by atoms with Gasteiger partial charge in [-0.25, -0.2) is 0 Å². The molecule has 2 atom stereocenters. The molecule has 2 nitrogen and oxygen atoms in total. The first-order valence-corrected chi connectivity index (χ1v) is 8.10. The Kier molecular flexibility index (Phi) is 2.82. The van der Waals surface area contributed by atoms with Crippen LogP contribution < -0.4 is 0 Å². The lowest BCUT2D eigenvalue weighted by Crippen LogP contribution is -2.45. The van der Waals surface area contributed by atoms with Gasteiger partial charge >= 0.3 is 0 Å². The van der Waals surface area contributed by atoms with E-state index >= 15 is 0 Å². The summed E-state index contributed by atoms with van der Waals surface area (Å²) >= 11 is 5.90. The number of piperidine rings is 1. The van der Waals surface area contributed by atoms with Gasteiger partial charge in [-0.05, 0) is 63.6 Å². The van der Waals surface area contributed by atoms with E-state index in [4.69, 9.17) is 12.2 Å². The molecule has 1 aromatic heterocycles. The van der Waals surface area contributed by atoms with Crippen LogP contribution in [0, 0.1) is 11.8 Å². The number of rotatable bonds is 0. The number of nitrogens with zero attached hydrogens (tertiary/aromatic N) is 1. The summed E-state index contributed by atoms with van der Waals surface area (Å²) in [6, 6.07) is 0. The molecule has 1 fully saturated rings. The fourth-order valence-corrected chi connectivity index (χ4v) is 4.86. The van der Waals surface area contributed by atoms with Gasteiger partial charge in [-0.1, -0.05) is 12.2 Å². The number of aromatic amines is 1. The second-order valence-corrected chi connectivity index (χ2v) is 7.07. The molecule has 0 spiro atoms. The predicted molar refractivity (Wildman–Crippen MR) is 81.9 cm³/mol. The maximum absolute atomic E-state index is 5.90. The lowest BCUT2D eigenvalue weighted by molar-refractivity contribution is 0.180. The molecular formula is C16H22N2S. The van der Waals surface area contributed by atoms with Crippen molar-refractivity contribution in [3.8, 4) is 0 Å². The van der Waals surface area contributed by atoms with Crippen LogP contribution in [-0.2, 0) is 19.3 Å². The van der Waals surface area contributed by atoms with Crippen LogP contribution in [0.5, 0.6) is 0 Å². The second kappa shape index (κ2) is 4.42. The highest BCUT2D eigenvalue weighted by molar-refractivity contribution is 7.80. The van der Waals surface area contributed by atoms with E-state index in [1.165, 1.54) is 73.4 Å². The normalized spacial score (nSPS) is 30.7. The average Bonchev–Trinajstić information content (AvgIpc) is 2.78. The molecule has 1 N–H and O–H groups in total. The van der Waals surface area contributed by atoms with Gasteiger partial charge in [0, 0.05) is 34.3 Å². The summed E-state index contributed by atoms with van der Waals surface area (Å²) in [7, 11) is 2.24. The SMILES string of the molecule is CN1CC[C@H]2Cc3[nH]c4c(c3C(=S)[C@@H]2C1)CCCC4. The molecule has 2 aliphatic carbocycles. The summed E-state index contributed by atoms with van der Waals surface area (Å²) in [5.41, 5.74) is 6.03. The smallest absolute Gasteiger partial charge is 0.0292 e. The molecule has 3 aliphatic rings. The molecule has 1 saturated heterocycles. The number of thiocarbonyl (C=S) groups is 1. The molecule has 19 heavy (non-hydrogen) atoms. The standard InChI is InChI=1S/C16H22N2S/c1-18-7-6-10-8-14-15(16(19)12(10)9-18)11-4-2-3-5-13(11)17-14/h10,12,17H,2-9H2,1H3/t10-,12+/m0/s1. The highest BCUT2D eigenvalue weighted by Crippen LogP contribution is 2.39. The largest absolute Gasteiger partial charge is 0.361 e. The molecule has 0 saturated carbocycles. The summed E-state index contributed by atoms with van der Waals surface area (Å²) in [6.45, 7) is 2.41. The monoisotopic (exact) mass is 274 g/mol. The Labute approximate surface area is 120 Å². The van der Waals surface area contributed by atoms with Gasteiger partial charge in [0.05, 0.1) is 0 Å². The molecule has 0 unspecified atom stereocenters. The fourth-order valence-electron chi connectivity index (χ4n) is 4.35. The van der Waals surface area contributed by atoms with Crippen molar-refractivity contribution in [3.05, 3.63) is 22.5 Å². The lowest BCUT2D eigenvalue weighted by Gasteiger charge is -2.40. The lowest BCUT2D eigenvalue weighted by atomic mass is 9.73. The van der Waals surface area contributed by atoms with E-state index in [0.717, 1.165) is 5.92 Å². The Bertz CT molecular complexity index is 531. The number of aryl methyl sites for hydroxylation is 1. The second-order valence-electron chi connectivity index (χ2n) is 6.63. The van der Waals surface area contributed by atoms with E-state index in [1.54, 1.807) is 5.56 Å². The number of nitrogens with one attached hydrogen (secondary N) is 1. The van der Waals surface area contributed by atoms with E-state index in [2.05, 4.69) is 16.9 Å². The predicted octanol–water partition coefficient (Wildman–Crippen LogP) is 2.74. The summed E-state index contributed by atoms with van der Waals surface area (Å²) in [6.07, 6.45) is 7.71. The highest BCUT2D eigenvalue weighted by atomic mass is 32.1. The molecule has 0 radical (unpaired) electrons. The van der Waals surface area contributed by atoms with Crippen molar-refractivity contribution >= 4 is 17.1 Å². The summed E-state index contributed by atoms with van der Waals surface area (Å²) in [4.78, 5) is 7.46. The van der Waals surface area contributed by atoms with Crippen LogP contribution in [0.25, 0.3) is 0 Å². The molecule has 1 aromatic rings. The highest BCUT2D eigenvalue weighted by Gasteiger charge is 2.38. The Balaban J connectivity index is 1.77. The first kappa shape index (κ1) is 12.1. The Morgan fingerprint density at radius 2 is 2.05 bits per heavy atom. The van der Waals surface area contributed by atoms with Crippen molar-refractivity contribution in [1.82, 2.24) is 9.88 Å². The van der Waals surface area contributed by atoms with Gasteiger partial charge in [0.25, 0.3) is 0 Å². The number of aromatic nitrogens is 1. The van der Waals surface area contributed by atoms with E-state index in [-0.39, 0.29) is 0 Å². The van der Waals surface area contributed by atoms with Crippen molar-refractivity contribution in [2.24, 2.45) is 11.8 Å². The summed E-state index contributed by atoms with van der Waals surface area (Å²) in [5.74, 6) is 1.42. The first-order valence-electron chi connectivity index (χ1n) is 7.69. The molecule has 1 aliphatic heterocycles. The summed E-state index contributed by atoms with van der Waals surface area (Å²) < 4.78 is 0. The van der Waals surface area contributed by atoms with Crippen molar-refractivity contribution in [2.45, 2.75) is 38.5 Å². The third-order valence-electron chi connectivity index (χ3n) is 5.38. The molecular weight excluding hydrogens is 252 g/mol. The van der Waals surface area contributed by atoms with E-state index in [0.29, 0.717) is 5.92 Å². The van der Waals surface area contributed by atoms with Gasteiger partial charge in [-0.3, -0.25) is 0 Å². The topological polar surface area (TPSA) is 19.0 Å². The number of likely N-dealkylation sites (tertiary alicyclic amines) is 1. The van der Waals surface area contributed by atoms with Gasteiger partial charge in [0.15, 0.2) is 0 Å². The van der Waals surface area contributed by atoms with Crippen LogP contribution in [0.3, 0.4) is 0 Å². The molecule has 102 valence electrons. The van der Waals surface area contributed by atoms with Gasteiger partial charge in [-0.15, -0.1) is 0 Å². The number of hydrogen-bond acceptors (Lipinski definition) is 2. The minimum absolute atomic E-state index is 0.628. The zero-order valence-electron chi connectivity index (χ0n) is 11.7. The summed E-state index contributed by atoms with van der Waals surface area (Å²) in [5, 5.41) is 0. The van der Waals surface area contributed by atoms with Gasteiger partial charge in [-0.2, -0.15) is 0 Å². The maximum atomic E-state index is 5.90. The Hall–Kier alpha value is -0.670. The van der Waals surface area contributed by atoms with Crippen molar-refractivity contribution in [1.29, 1.82) is 0 Å². The van der Waals surface area contributed by atoms with Crippen LogP contribution in [-0.4, -0.2) is 34.9 Å². The van der Waals surface area contributed by atoms with Crippen LogP contribution in [0.2, 0.25) is 0 Å². The molecule has 4 rings (SSSR count). The van der Waals surface area contributed by atoms with Crippen molar-refractivity contribution in [3.63, 3.8) is 0 Å². The molecule has 0 aromatic carbocycles. The van der Waals surface area contributed by atoms with Crippen LogP contribution in [0.1, 0.15) is 41.8 Å². The molecule has 2 heterocycles. The first-order chi connectivity index (χ1) is 9.24. The van der Waals surface area contributed by atoms with Crippen LogP contribution >= 0.6 is 12.2 Å². The number of H-pyrrole nitrogens is 1. The Morgan fingerprint density at radius 3 is 2.95 bits per heavy atom. The van der Waals surface area contributed by atoms with Crippen molar-refractivity contribution < 1.29 is 0 Å². The van der Waals surface area contributed by atoms with E-state index in [9.17, 15) is 0 Å². The zero-order chi connectivity index (χ0) is 13.0. The zero-order valence-corrected chi connectivity index (χ0v) is 12.5. The molecule has 3 heteroatoms. The average molecular weight is 274 g/mol. The quantitative estimate of drug-likeness (QED) is 0.734. The number of hydrogen-bond donors (Lipinski definition) is 1. The van der Waals surface area contributed by atoms with E-state index < -0.39 is 0 Å². The fraction of sp³-hybridized carbons (Fsp3) is 0.688. The van der Waals surface area contributed by atoms with Crippen molar-refractivity contribution in [2.75, 3.05) is 20.1 Å². The minimum atomic E-state index is 0.628. The maximum Gasteiger partial charge on any atom is 0.0292 e. The van der Waals surface area contributed by atoms with Crippen LogP contribution in [0.4, 0.5) is 0 Å². The number of fused-ring (bicyclic) bond motifs is 4. The molecule has 0 amide bonds. The van der Waals surface area contributed by atoms with Gasteiger partial charge in [0.1, 0.15) is 0 Å². The van der Waals surface area contributed by atoms with Gasteiger partial charge in [0.2, 0.25) is 0 Å². The third kappa shape index (κ3) is 1.82. The minimum Gasteiger partial charge on any atom is -0.361 e. The third-order valence-corrected chi connectivity index (χ3v) is 5.89. The van der Waals surface area contributed by atoms with Gasteiger partial charge < -0.3 is 9.88 Å².